The van der Waals surface area contributed by atoms with Gasteiger partial charge in [0, 0.05) is 11.3 Å². The van der Waals surface area contributed by atoms with Gasteiger partial charge in [0.2, 0.25) is 0 Å². The molecule has 0 saturated carbocycles. The van der Waals surface area contributed by atoms with Gasteiger partial charge >= 0.3 is 0 Å². The Kier molecular flexibility index (Phi) is 3.70. The second kappa shape index (κ2) is 5.81. The van der Waals surface area contributed by atoms with E-state index in [4.69, 9.17) is 0 Å². The molecular weight excluding hydrogens is 276 g/mol. The smallest absolute Gasteiger partial charge is 0.255 e. The van der Waals surface area contributed by atoms with Gasteiger partial charge in [0.1, 0.15) is 12.7 Å². The lowest BCUT2D eigenvalue weighted by atomic mass is 10.1. The first-order valence-electron chi connectivity index (χ1n) is 6.97. The fourth-order valence-electron chi connectivity index (χ4n) is 2.31. The van der Waals surface area contributed by atoms with Crippen molar-refractivity contribution in [1.82, 2.24) is 14.8 Å². The standard InChI is InChI=1S/C17H16N4O/c1-12-3-8-16(13(2)9-12)17(22)20-14-4-6-15(7-5-14)21-11-18-10-19-21/h3-11H,1-2H3,(H,20,22). The predicted octanol–water partition coefficient (Wildman–Crippen LogP) is 3.14. The monoisotopic (exact) mass is 292 g/mol. The molecule has 110 valence electrons. The Morgan fingerprint density at radius 1 is 1.09 bits per heavy atom. The molecule has 5 heteroatoms. The lowest BCUT2D eigenvalue weighted by Crippen LogP contribution is -2.13. The van der Waals surface area contributed by atoms with Crippen LogP contribution in [0.1, 0.15) is 21.5 Å². The van der Waals surface area contributed by atoms with Crippen molar-refractivity contribution in [2.45, 2.75) is 13.8 Å². The van der Waals surface area contributed by atoms with Crippen LogP contribution in [0.3, 0.4) is 0 Å². The molecule has 0 fully saturated rings. The van der Waals surface area contributed by atoms with Crippen molar-refractivity contribution in [3.63, 3.8) is 0 Å². The van der Waals surface area contributed by atoms with Crippen molar-refractivity contribution in [1.29, 1.82) is 0 Å². The van der Waals surface area contributed by atoms with E-state index in [1.807, 2.05) is 56.3 Å². The normalized spacial score (nSPS) is 10.5. The van der Waals surface area contributed by atoms with Gasteiger partial charge in [-0.1, -0.05) is 17.7 Å². The highest BCUT2D eigenvalue weighted by Crippen LogP contribution is 2.16. The van der Waals surface area contributed by atoms with E-state index in [1.54, 1.807) is 11.0 Å². The average molecular weight is 292 g/mol. The van der Waals surface area contributed by atoms with E-state index in [1.165, 1.54) is 6.33 Å². The Balaban J connectivity index is 1.77. The third-order valence-corrected chi connectivity index (χ3v) is 3.43. The van der Waals surface area contributed by atoms with Crippen LogP contribution in [0, 0.1) is 13.8 Å². The maximum Gasteiger partial charge on any atom is 0.255 e. The van der Waals surface area contributed by atoms with Crippen molar-refractivity contribution >= 4 is 11.6 Å². The van der Waals surface area contributed by atoms with Gasteiger partial charge in [0.05, 0.1) is 5.69 Å². The number of anilines is 1. The van der Waals surface area contributed by atoms with Crippen LogP contribution in [-0.2, 0) is 0 Å². The van der Waals surface area contributed by atoms with Crippen molar-refractivity contribution in [2.75, 3.05) is 5.32 Å². The SMILES string of the molecule is Cc1ccc(C(=O)Nc2ccc(-n3cncn3)cc2)c(C)c1. The first-order valence-corrected chi connectivity index (χ1v) is 6.97. The van der Waals surface area contributed by atoms with Crippen LogP contribution in [-0.4, -0.2) is 20.7 Å². The summed E-state index contributed by atoms with van der Waals surface area (Å²) in [7, 11) is 0. The molecular formula is C17H16N4O. The van der Waals surface area contributed by atoms with Crippen molar-refractivity contribution < 1.29 is 4.79 Å². The van der Waals surface area contributed by atoms with Gasteiger partial charge in [-0.3, -0.25) is 4.79 Å². The Hall–Kier alpha value is -2.95. The van der Waals surface area contributed by atoms with Gasteiger partial charge < -0.3 is 5.32 Å². The van der Waals surface area contributed by atoms with E-state index in [0.717, 1.165) is 22.5 Å². The summed E-state index contributed by atoms with van der Waals surface area (Å²) in [6, 6.07) is 13.2. The molecule has 1 aromatic heterocycles. The predicted molar refractivity (Wildman–Crippen MR) is 85.2 cm³/mol. The molecule has 0 aliphatic rings. The topological polar surface area (TPSA) is 59.8 Å². The van der Waals surface area contributed by atoms with Crippen LogP contribution in [0.2, 0.25) is 0 Å². The average Bonchev–Trinajstić information content (AvgIpc) is 3.02. The van der Waals surface area contributed by atoms with Crippen molar-refractivity contribution in [3.05, 3.63) is 71.8 Å². The number of hydrogen-bond donors (Lipinski definition) is 1. The molecule has 3 aromatic rings. The minimum absolute atomic E-state index is 0.106. The van der Waals surface area contributed by atoms with Gasteiger partial charge in [-0.15, -0.1) is 0 Å². The lowest BCUT2D eigenvalue weighted by molar-refractivity contribution is 0.102. The lowest BCUT2D eigenvalue weighted by Gasteiger charge is -2.09. The fourth-order valence-corrected chi connectivity index (χ4v) is 2.31. The highest BCUT2D eigenvalue weighted by atomic mass is 16.1. The van der Waals surface area contributed by atoms with Gasteiger partial charge in [0.25, 0.3) is 5.91 Å². The second-order valence-corrected chi connectivity index (χ2v) is 5.16. The molecule has 0 spiro atoms. The number of hydrogen-bond acceptors (Lipinski definition) is 3. The first kappa shape index (κ1) is 14.0. The number of carbonyl (C=O) groups is 1. The molecule has 0 unspecified atom stereocenters. The zero-order chi connectivity index (χ0) is 15.5. The highest BCUT2D eigenvalue weighted by molar-refractivity contribution is 6.05. The summed E-state index contributed by atoms with van der Waals surface area (Å²) in [5.74, 6) is -0.106. The van der Waals surface area contributed by atoms with E-state index >= 15 is 0 Å². The molecule has 0 saturated heterocycles. The number of nitrogens with one attached hydrogen (secondary N) is 1. The summed E-state index contributed by atoms with van der Waals surface area (Å²) in [5, 5.41) is 6.97. The van der Waals surface area contributed by atoms with Crippen LogP contribution in [0.25, 0.3) is 5.69 Å². The second-order valence-electron chi connectivity index (χ2n) is 5.16. The van der Waals surface area contributed by atoms with Crippen LogP contribution >= 0.6 is 0 Å². The number of carbonyl (C=O) groups excluding carboxylic acids is 1. The van der Waals surface area contributed by atoms with E-state index in [2.05, 4.69) is 15.4 Å². The maximum atomic E-state index is 12.3. The van der Waals surface area contributed by atoms with Crippen LogP contribution in [0.15, 0.2) is 55.1 Å². The minimum atomic E-state index is -0.106. The quantitative estimate of drug-likeness (QED) is 0.806. The summed E-state index contributed by atoms with van der Waals surface area (Å²) in [4.78, 5) is 16.2. The summed E-state index contributed by atoms with van der Waals surface area (Å²) < 4.78 is 1.66. The summed E-state index contributed by atoms with van der Waals surface area (Å²) in [6.07, 6.45) is 3.11. The number of nitrogens with zero attached hydrogens (tertiary/aromatic N) is 3. The Morgan fingerprint density at radius 2 is 1.86 bits per heavy atom. The zero-order valence-corrected chi connectivity index (χ0v) is 12.4. The summed E-state index contributed by atoms with van der Waals surface area (Å²) in [6.45, 7) is 3.95. The van der Waals surface area contributed by atoms with Gasteiger partial charge in [-0.25, -0.2) is 9.67 Å². The maximum absolute atomic E-state index is 12.3. The molecule has 1 N–H and O–H groups in total. The molecule has 0 atom stereocenters. The Morgan fingerprint density at radius 3 is 2.50 bits per heavy atom. The zero-order valence-electron chi connectivity index (χ0n) is 12.4. The third kappa shape index (κ3) is 2.88. The molecule has 5 nitrogen and oxygen atoms in total. The molecule has 2 aromatic carbocycles. The number of benzene rings is 2. The Labute approximate surface area is 128 Å². The van der Waals surface area contributed by atoms with E-state index < -0.39 is 0 Å². The van der Waals surface area contributed by atoms with Gasteiger partial charge in [-0.05, 0) is 49.7 Å². The van der Waals surface area contributed by atoms with Crippen LogP contribution < -0.4 is 5.32 Å². The molecule has 22 heavy (non-hydrogen) atoms. The number of amides is 1. The third-order valence-electron chi connectivity index (χ3n) is 3.43. The van der Waals surface area contributed by atoms with Crippen molar-refractivity contribution in [3.8, 4) is 5.69 Å². The summed E-state index contributed by atoms with van der Waals surface area (Å²) >= 11 is 0. The molecule has 0 bridgehead atoms. The molecule has 0 aliphatic heterocycles. The van der Waals surface area contributed by atoms with E-state index in [0.29, 0.717) is 5.56 Å². The van der Waals surface area contributed by atoms with Gasteiger partial charge in [-0.2, -0.15) is 5.10 Å². The van der Waals surface area contributed by atoms with E-state index in [-0.39, 0.29) is 5.91 Å². The minimum Gasteiger partial charge on any atom is -0.322 e. The number of rotatable bonds is 3. The first-order chi connectivity index (χ1) is 10.6. The molecule has 0 aliphatic carbocycles. The van der Waals surface area contributed by atoms with Crippen LogP contribution in [0.4, 0.5) is 5.69 Å². The largest absolute Gasteiger partial charge is 0.322 e. The van der Waals surface area contributed by atoms with Gasteiger partial charge in [0.15, 0.2) is 0 Å². The number of aryl methyl sites for hydroxylation is 2. The summed E-state index contributed by atoms with van der Waals surface area (Å²) in [5.41, 5.74) is 4.43. The fraction of sp³-hybridized carbons (Fsp3) is 0.118. The Bertz CT molecular complexity index is 792. The number of aromatic nitrogens is 3. The van der Waals surface area contributed by atoms with Crippen LogP contribution in [0.5, 0.6) is 0 Å². The van der Waals surface area contributed by atoms with E-state index in [9.17, 15) is 4.79 Å². The molecule has 1 heterocycles. The molecule has 0 radical (unpaired) electrons. The van der Waals surface area contributed by atoms with Crippen molar-refractivity contribution in [2.24, 2.45) is 0 Å². The highest BCUT2D eigenvalue weighted by Gasteiger charge is 2.09. The molecule has 3 rings (SSSR count). The molecule has 1 amide bonds.